The lowest BCUT2D eigenvalue weighted by Gasteiger charge is -2.14. The summed E-state index contributed by atoms with van der Waals surface area (Å²) in [7, 11) is 0. The molecule has 0 aliphatic carbocycles. The molecule has 0 atom stereocenters. The third-order valence-corrected chi connectivity index (χ3v) is 5.23. The molecule has 2 aromatic rings. The maximum atomic E-state index is 11.6. The fraction of sp³-hybridized carbons (Fsp3) is 0.300. The van der Waals surface area contributed by atoms with E-state index in [0.717, 1.165) is 34.4 Å². The lowest BCUT2D eigenvalue weighted by atomic mass is 9.97. The lowest BCUT2D eigenvalue weighted by Crippen LogP contribution is -2.13. The second-order valence-corrected chi connectivity index (χ2v) is 8.43. The fourth-order valence-electron chi connectivity index (χ4n) is 3.47. The zero-order valence-electron chi connectivity index (χ0n) is 20.6. The van der Waals surface area contributed by atoms with Crippen LogP contribution in [0.5, 0.6) is 5.75 Å². The van der Waals surface area contributed by atoms with Gasteiger partial charge in [-0.25, -0.2) is 4.79 Å². The van der Waals surface area contributed by atoms with Crippen LogP contribution in [0.25, 0.3) is 5.57 Å². The van der Waals surface area contributed by atoms with Gasteiger partial charge in [-0.05, 0) is 68.4 Å². The van der Waals surface area contributed by atoms with Crippen LogP contribution >= 0.6 is 0 Å². The van der Waals surface area contributed by atoms with Gasteiger partial charge in [-0.1, -0.05) is 78.9 Å². The molecular formula is C30H36O4. The van der Waals surface area contributed by atoms with Gasteiger partial charge in [0.2, 0.25) is 0 Å². The summed E-state index contributed by atoms with van der Waals surface area (Å²) in [5, 5.41) is 9.23. The minimum atomic E-state index is -0.421. The van der Waals surface area contributed by atoms with E-state index in [4.69, 9.17) is 9.47 Å². The number of carbonyl (C=O) groups is 1. The highest BCUT2D eigenvalue weighted by Gasteiger charge is 2.09. The van der Waals surface area contributed by atoms with Crippen molar-refractivity contribution in [2.75, 3.05) is 19.8 Å². The number of aliphatic hydroxyl groups is 1. The standard InChI is InChI=1S/C30H36O4/c1-6-8-28(26-13-10-23(4)11-14-26)20-24(5)19-25-12-15-27(9-7-16-31)29(21-25)33-17-18-34-30(32)22(2)3/h6,8,10-15,20-21,31H,1-2,7,9,16-19H2,3-5H3/b24-20-,28-8+. The van der Waals surface area contributed by atoms with Crippen LogP contribution < -0.4 is 4.74 Å². The van der Waals surface area contributed by atoms with Gasteiger partial charge in [0.25, 0.3) is 0 Å². The molecule has 0 aliphatic heterocycles. The molecule has 0 unspecified atom stereocenters. The maximum Gasteiger partial charge on any atom is 0.333 e. The molecule has 0 spiro atoms. The molecule has 0 fully saturated rings. The summed E-state index contributed by atoms with van der Waals surface area (Å²) in [6.07, 6.45) is 8.15. The van der Waals surface area contributed by atoms with E-state index >= 15 is 0 Å². The molecule has 34 heavy (non-hydrogen) atoms. The number of rotatable bonds is 13. The summed E-state index contributed by atoms with van der Waals surface area (Å²) >= 11 is 0. The Labute approximate surface area is 203 Å². The fourth-order valence-corrected chi connectivity index (χ4v) is 3.47. The molecule has 2 aromatic carbocycles. The molecule has 0 saturated carbocycles. The van der Waals surface area contributed by atoms with Crippen LogP contribution in [-0.2, 0) is 22.4 Å². The van der Waals surface area contributed by atoms with Gasteiger partial charge >= 0.3 is 5.97 Å². The quantitative estimate of drug-likeness (QED) is 0.168. The van der Waals surface area contributed by atoms with Crippen LogP contribution in [0.15, 0.2) is 85.0 Å². The summed E-state index contributed by atoms with van der Waals surface area (Å²) in [6.45, 7) is 13.8. The second-order valence-electron chi connectivity index (χ2n) is 8.43. The van der Waals surface area contributed by atoms with Crippen molar-refractivity contribution >= 4 is 11.5 Å². The predicted molar refractivity (Wildman–Crippen MR) is 140 cm³/mol. The maximum absolute atomic E-state index is 11.6. The number of hydrogen-bond donors (Lipinski definition) is 1. The Kier molecular flexibility index (Phi) is 11.1. The Hall–Kier alpha value is -3.37. The Morgan fingerprint density at radius 1 is 1.09 bits per heavy atom. The second kappa shape index (κ2) is 14.0. The van der Waals surface area contributed by atoms with Gasteiger partial charge in [-0.15, -0.1) is 0 Å². The van der Waals surface area contributed by atoms with E-state index in [1.807, 2.05) is 24.3 Å². The highest BCUT2D eigenvalue weighted by atomic mass is 16.6. The lowest BCUT2D eigenvalue weighted by molar-refractivity contribution is -0.139. The topological polar surface area (TPSA) is 55.8 Å². The normalized spacial score (nSPS) is 11.8. The number of ether oxygens (including phenoxy) is 2. The van der Waals surface area contributed by atoms with Gasteiger partial charge in [0.1, 0.15) is 19.0 Å². The van der Waals surface area contributed by atoms with Crippen LogP contribution in [0.1, 0.15) is 42.5 Å². The zero-order valence-corrected chi connectivity index (χ0v) is 20.6. The molecule has 0 bridgehead atoms. The van der Waals surface area contributed by atoms with Gasteiger partial charge in [0, 0.05) is 12.2 Å². The van der Waals surface area contributed by atoms with Crippen LogP contribution in [0.4, 0.5) is 0 Å². The van der Waals surface area contributed by atoms with E-state index in [-0.39, 0.29) is 19.8 Å². The van der Waals surface area contributed by atoms with Crippen LogP contribution in [0.2, 0.25) is 0 Å². The van der Waals surface area contributed by atoms with Crippen molar-refractivity contribution in [3.8, 4) is 5.75 Å². The molecule has 4 heteroatoms. The molecule has 1 N–H and O–H groups in total. The highest BCUT2D eigenvalue weighted by Crippen LogP contribution is 2.25. The first-order chi connectivity index (χ1) is 16.3. The molecular weight excluding hydrogens is 424 g/mol. The number of aliphatic hydroxyl groups excluding tert-OH is 1. The van der Waals surface area contributed by atoms with Crippen molar-refractivity contribution in [3.05, 3.63) is 107 Å². The van der Waals surface area contributed by atoms with Crippen molar-refractivity contribution in [1.29, 1.82) is 0 Å². The number of benzene rings is 2. The summed E-state index contributed by atoms with van der Waals surface area (Å²) in [4.78, 5) is 11.6. The Bertz CT molecular complexity index is 1040. The third-order valence-electron chi connectivity index (χ3n) is 5.23. The van der Waals surface area contributed by atoms with Crippen LogP contribution in [0, 0.1) is 6.92 Å². The molecule has 0 aliphatic rings. The predicted octanol–water partition coefficient (Wildman–Crippen LogP) is 6.18. The largest absolute Gasteiger partial charge is 0.490 e. The van der Waals surface area contributed by atoms with Gasteiger partial charge in [0.05, 0.1) is 0 Å². The Morgan fingerprint density at radius 2 is 1.82 bits per heavy atom. The van der Waals surface area contributed by atoms with Gasteiger partial charge in [-0.2, -0.15) is 0 Å². The van der Waals surface area contributed by atoms with Crippen LogP contribution in [0.3, 0.4) is 0 Å². The SMILES string of the molecule is C=C/C=C(\C=C(\C)Cc1ccc(CCCO)c(OCCOC(=O)C(=C)C)c1)c1ccc(C)cc1. The number of hydrogen-bond acceptors (Lipinski definition) is 4. The molecule has 0 radical (unpaired) electrons. The zero-order chi connectivity index (χ0) is 24.9. The van der Waals surface area contributed by atoms with Crippen molar-refractivity contribution in [2.24, 2.45) is 0 Å². The first kappa shape index (κ1) is 26.9. The average molecular weight is 461 g/mol. The van der Waals surface area contributed by atoms with E-state index in [1.54, 1.807) is 6.92 Å². The number of esters is 1. The highest BCUT2D eigenvalue weighted by molar-refractivity contribution is 5.86. The number of aryl methyl sites for hydroxylation is 2. The van der Waals surface area contributed by atoms with Gasteiger partial charge in [-0.3, -0.25) is 0 Å². The van der Waals surface area contributed by atoms with Crippen LogP contribution in [-0.4, -0.2) is 30.9 Å². The monoisotopic (exact) mass is 460 g/mol. The average Bonchev–Trinajstić information content (AvgIpc) is 2.81. The van der Waals surface area contributed by atoms with E-state index in [0.29, 0.717) is 18.4 Å². The number of allylic oxidation sites excluding steroid dienone is 5. The van der Waals surface area contributed by atoms with Crippen molar-refractivity contribution in [1.82, 2.24) is 0 Å². The summed E-state index contributed by atoms with van der Waals surface area (Å²) < 4.78 is 11.1. The third kappa shape index (κ3) is 8.87. The number of carbonyl (C=O) groups excluding carboxylic acids is 1. The molecule has 0 aromatic heterocycles. The van der Waals surface area contributed by atoms with E-state index < -0.39 is 5.97 Å². The summed E-state index contributed by atoms with van der Waals surface area (Å²) in [5.41, 5.74) is 7.21. The Balaban J connectivity index is 2.16. The van der Waals surface area contributed by atoms with Crippen molar-refractivity contribution in [3.63, 3.8) is 0 Å². The molecule has 0 amide bonds. The van der Waals surface area contributed by atoms with E-state index in [2.05, 4.69) is 63.4 Å². The minimum absolute atomic E-state index is 0.122. The summed E-state index contributed by atoms with van der Waals surface area (Å²) in [5.74, 6) is 0.334. The summed E-state index contributed by atoms with van der Waals surface area (Å²) in [6, 6.07) is 14.6. The van der Waals surface area contributed by atoms with E-state index in [1.165, 1.54) is 11.1 Å². The Morgan fingerprint density at radius 3 is 2.47 bits per heavy atom. The molecule has 0 heterocycles. The smallest absolute Gasteiger partial charge is 0.333 e. The van der Waals surface area contributed by atoms with Gasteiger partial charge in [0.15, 0.2) is 0 Å². The minimum Gasteiger partial charge on any atom is -0.490 e. The molecule has 2 rings (SSSR count). The van der Waals surface area contributed by atoms with Crippen molar-refractivity contribution in [2.45, 2.75) is 40.0 Å². The molecule has 0 saturated heterocycles. The van der Waals surface area contributed by atoms with Gasteiger partial charge < -0.3 is 14.6 Å². The first-order valence-electron chi connectivity index (χ1n) is 11.6. The van der Waals surface area contributed by atoms with Crippen molar-refractivity contribution < 1.29 is 19.4 Å². The molecule has 4 nitrogen and oxygen atoms in total. The molecule has 180 valence electrons. The first-order valence-corrected chi connectivity index (χ1v) is 11.6. The van der Waals surface area contributed by atoms with E-state index in [9.17, 15) is 9.90 Å².